The molecule has 0 unspecified atom stereocenters. The number of rotatable bonds is 6. The third-order valence-electron chi connectivity index (χ3n) is 5.75. The third kappa shape index (κ3) is 4.18. The molecule has 34 heavy (non-hydrogen) atoms. The first-order valence-electron chi connectivity index (χ1n) is 10.6. The molecule has 2 aromatic carbocycles. The number of hydrogen-bond donors (Lipinski definition) is 0. The second-order valence-electron chi connectivity index (χ2n) is 7.95. The molecule has 2 aromatic heterocycles. The van der Waals surface area contributed by atoms with Gasteiger partial charge in [0.05, 0.1) is 23.3 Å². The first-order chi connectivity index (χ1) is 16.3. The van der Waals surface area contributed by atoms with Crippen molar-refractivity contribution in [3.63, 3.8) is 0 Å². The van der Waals surface area contributed by atoms with Gasteiger partial charge in [0.1, 0.15) is 11.6 Å². The van der Waals surface area contributed by atoms with Gasteiger partial charge in [-0.05, 0) is 37.1 Å². The van der Waals surface area contributed by atoms with Gasteiger partial charge in [-0.1, -0.05) is 24.3 Å². The van der Waals surface area contributed by atoms with Gasteiger partial charge in [-0.25, -0.2) is 27.7 Å². The van der Waals surface area contributed by atoms with Crippen molar-refractivity contribution < 1.29 is 21.9 Å². The number of imidazole rings is 1. The number of alkyl halides is 2. The van der Waals surface area contributed by atoms with E-state index in [1.165, 1.54) is 10.4 Å². The van der Waals surface area contributed by atoms with Crippen LogP contribution in [0.15, 0.2) is 54.9 Å². The van der Waals surface area contributed by atoms with Crippen molar-refractivity contribution in [3.8, 4) is 16.9 Å². The fourth-order valence-electron chi connectivity index (χ4n) is 4.10. The van der Waals surface area contributed by atoms with Crippen LogP contribution in [0.2, 0.25) is 0 Å². The van der Waals surface area contributed by atoms with Crippen LogP contribution in [-0.4, -0.2) is 46.8 Å². The molecule has 0 N–H and O–H groups in total. The van der Waals surface area contributed by atoms with Crippen molar-refractivity contribution in [2.75, 3.05) is 16.6 Å². The molecule has 5 rings (SSSR count). The highest BCUT2D eigenvalue weighted by Crippen LogP contribution is 2.28. The van der Waals surface area contributed by atoms with E-state index >= 15 is 0 Å². The number of para-hydroxylation sites is 1. The van der Waals surface area contributed by atoms with Gasteiger partial charge in [-0.3, -0.25) is 0 Å². The van der Waals surface area contributed by atoms with Gasteiger partial charge in [0.2, 0.25) is 16.0 Å². The Kier molecular flexibility index (Phi) is 5.64. The summed E-state index contributed by atoms with van der Waals surface area (Å²) in [6.07, 6.45) is 3.74. The van der Waals surface area contributed by atoms with E-state index in [1.807, 2.05) is 29.7 Å². The molecule has 0 radical (unpaired) electrons. The molecule has 1 aliphatic rings. The highest BCUT2D eigenvalue weighted by Gasteiger charge is 2.30. The quantitative estimate of drug-likeness (QED) is 0.410. The molecule has 1 fully saturated rings. The molecule has 0 atom stereocenters. The van der Waals surface area contributed by atoms with Crippen LogP contribution >= 0.6 is 0 Å². The number of fused-ring (bicyclic) bond motifs is 1. The highest BCUT2D eigenvalue weighted by atomic mass is 32.2. The van der Waals surface area contributed by atoms with E-state index in [0.717, 1.165) is 22.4 Å². The van der Waals surface area contributed by atoms with Crippen molar-refractivity contribution in [2.24, 2.45) is 0 Å². The van der Waals surface area contributed by atoms with Gasteiger partial charge in [0, 0.05) is 30.1 Å². The normalized spacial score (nSPS) is 15.4. The maximum atomic E-state index is 12.8. The number of hydrogen-bond acceptors (Lipinski definition) is 6. The molecule has 1 saturated heterocycles. The molecular weight excluding hydrogens is 464 g/mol. The lowest BCUT2D eigenvalue weighted by Gasteiger charge is -2.14. The summed E-state index contributed by atoms with van der Waals surface area (Å²) in [6.45, 7) is -0.378. The van der Waals surface area contributed by atoms with E-state index in [2.05, 4.69) is 19.7 Å². The van der Waals surface area contributed by atoms with Gasteiger partial charge in [0.15, 0.2) is 0 Å². The molecule has 11 heteroatoms. The summed E-state index contributed by atoms with van der Waals surface area (Å²) in [7, 11) is -3.35. The number of sulfonamides is 1. The predicted octanol–water partition coefficient (Wildman–Crippen LogP) is 3.99. The molecule has 8 nitrogen and oxygen atoms in total. The Morgan fingerprint density at radius 3 is 2.56 bits per heavy atom. The van der Waals surface area contributed by atoms with Gasteiger partial charge < -0.3 is 9.30 Å². The Bertz CT molecular complexity index is 1460. The molecular formula is C23H21F2N5O3S. The van der Waals surface area contributed by atoms with Crippen LogP contribution in [0.25, 0.3) is 22.2 Å². The molecule has 0 spiro atoms. The van der Waals surface area contributed by atoms with Gasteiger partial charge in [-0.2, -0.15) is 8.78 Å². The van der Waals surface area contributed by atoms with E-state index < -0.39 is 16.6 Å². The van der Waals surface area contributed by atoms with Crippen molar-refractivity contribution in [1.82, 2.24) is 19.5 Å². The minimum Gasteiger partial charge on any atom is -0.434 e. The highest BCUT2D eigenvalue weighted by molar-refractivity contribution is 7.93. The number of anilines is 1. The number of benzene rings is 2. The lowest BCUT2D eigenvalue weighted by Crippen LogP contribution is -2.26. The maximum absolute atomic E-state index is 12.8. The summed E-state index contributed by atoms with van der Waals surface area (Å²) in [6, 6.07) is 12.4. The maximum Gasteiger partial charge on any atom is 0.387 e. The second kappa shape index (κ2) is 8.64. The number of aryl methyl sites for hydroxylation is 1. The average molecular weight is 486 g/mol. The van der Waals surface area contributed by atoms with Crippen LogP contribution in [0.5, 0.6) is 5.75 Å². The van der Waals surface area contributed by atoms with Crippen molar-refractivity contribution >= 4 is 27.0 Å². The van der Waals surface area contributed by atoms with Crippen molar-refractivity contribution in [3.05, 3.63) is 66.2 Å². The van der Waals surface area contributed by atoms with Crippen LogP contribution in [0.4, 0.5) is 14.7 Å². The Hall–Kier alpha value is -3.60. The summed E-state index contributed by atoms with van der Waals surface area (Å²) in [5.74, 6) is 1.11. The average Bonchev–Trinajstić information content (AvgIpc) is 3.32. The summed E-state index contributed by atoms with van der Waals surface area (Å²) >= 11 is 0. The van der Waals surface area contributed by atoms with E-state index in [1.54, 1.807) is 30.6 Å². The second-order valence-corrected chi connectivity index (χ2v) is 9.96. The van der Waals surface area contributed by atoms with E-state index in [4.69, 9.17) is 0 Å². The van der Waals surface area contributed by atoms with Crippen LogP contribution in [0, 0.1) is 6.92 Å². The molecule has 0 bridgehead atoms. The number of ether oxygens (including phenoxy) is 1. The summed E-state index contributed by atoms with van der Waals surface area (Å²) in [5, 5.41) is 0. The monoisotopic (exact) mass is 485 g/mol. The van der Waals surface area contributed by atoms with Gasteiger partial charge >= 0.3 is 6.61 Å². The largest absolute Gasteiger partial charge is 0.434 e. The Morgan fingerprint density at radius 2 is 1.85 bits per heavy atom. The van der Waals surface area contributed by atoms with Crippen LogP contribution in [-0.2, 0) is 16.6 Å². The Labute approximate surface area is 194 Å². The summed E-state index contributed by atoms with van der Waals surface area (Å²) < 4.78 is 57.7. The lowest BCUT2D eigenvalue weighted by molar-refractivity contribution is -0.0504. The van der Waals surface area contributed by atoms with Gasteiger partial charge in [0.25, 0.3) is 0 Å². The molecule has 0 saturated carbocycles. The minimum absolute atomic E-state index is 0.101. The van der Waals surface area contributed by atoms with E-state index in [9.17, 15) is 17.2 Å². The third-order valence-corrected chi connectivity index (χ3v) is 7.57. The molecule has 0 amide bonds. The van der Waals surface area contributed by atoms with Crippen LogP contribution in [0.1, 0.15) is 17.8 Å². The fourth-order valence-corrected chi connectivity index (χ4v) is 5.57. The first kappa shape index (κ1) is 22.2. The van der Waals surface area contributed by atoms with Crippen molar-refractivity contribution in [1.29, 1.82) is 0 Å². The van der Waals surface area contributed by atoms with E-state index in [-0.39, 0.29) is 17.5 Å². The number of halogens is 2. The smallest absolute Gasteiger partial charge is 0.387 e. The summed E-state index contributed by atoms with van der Waals surface area (Å²) in [4.78, 5) is 13.1. The van der Waals surface area contributed by atoms with Crippen LogP contribution < -0.4 is 9.04 Å². The summed E-state index contributed by atoms with van der Waals surface area (Å²) in [5.41, 5.74) is 3.72. The van der Waals surface area contributed by atoms with Crippen molar-refractivity contribution in [2.45, 2.75) is 26.5 Å². The predicted molar refractivity (Wildman–Crippen MR) is 123 cm³/mol. The Morgan fingerprint density at radius 1 is 1.09 bits per heavy atom. The SMILES string of the molecule is Cc1nc2ccc(-c3cnc(N4CCCS4(=O)=O)nc3)cc2n1Cc1ccccc1OC(F)F. The first-order valence-corrected chi connectivity index (χ1v) is 12.3. The number of aromatic nitrogens is 4. The zero-order valence-corrected chi connectivity index (χ0v) is 19.0. The number of nitrogens with zero attached hydrogens (tertiary/aromatic N) is 5. The Balaban J connectivity index is 1.48. The molecule has 0 aliphatic carbocycles. The molecule has 3 heterocycles. The molecule has 4 aromatic rings. The molecule has 176 valence electrons. The van der Waals surface area contributed by atoms with E-state index in [0.29, 0.717) is 30.6 Å². The standard InChI is InChI=1S/C23H21F2N5O3S/c1-15-28-19-8-7-16(18-12-26-23(27-13-18)30-9-4-10-34(30,31)32)11-20(19)29(15)14-17-5-2-3-6-21(17)33-22(24)25/h2-3,5-8,11-13,22H,4,9-10,14H2,1H3. The van der Waals surface area contributed by atoms with Gasteiger partial charge in [-0.15, -0.1) is 0 Å². The topological polar surface area (TPSA) is 90.2 Å². The zero-order valence-electron chi connectivity index (χ0n) is 18.2. The van der Waals surface area contributed by atoms with Crippen LogP contribution in [0.3, 0.4) is 0 Å². The molecule has 1 aliphatic heterocycles. The fraction of sp³-hybridized carbons (Fsp3) is 0.261. The lowest BCUT2D eigenvalue weighted by atomic mass is 10.1. The zero-order chi connectivity index (χ0) is 23.9. The minimum atomic E-state index is -3.35.